The molecule has 3 rings (SSSR count). The zero-order valence-corrected chi connectivity index (χ0v) is 11.5. The molecule has 2 aromatic rings. The molecule has 1 aliphatic heterocycles. The van der Waals surface area contributed by atoms with Gasteiger partial charge in [-0.05, 0) is 12.1 Å². The summed E-state index contributed by atoms with van der Waals surface area (Å²) in [6, 6.07) is 5.32. The highest BCUT2D eigenvalue weighted by Crippen LogP contribution is 2.27. The summed E-state index contributed by atoms with van der Waals surface area (Å²) in [5.41, 5.74) is 0.472. The maximum absolute atomic E-state index is 12.1. The van der Waals surface area contributed by atoms with Gasteiger partial charge in [0.25, 0.3) is 5.91 Å². The maximum Gasteiger partial charge on any atom is 0.272 e. The summed E-state index contributed by atoms with van der Waals surface area (Å²) >= 11 is 0. The Morgan fingerprint density at radius 3 is 2.80 bits per heavy atom. The average Bonchev–Trinajstić information content (AvgIpc) is 2.87. The molecule has 20 heavy (non-hydrogen) atoms. The first-order valence-corrected chi connectivity index (χ1v) is 6.69. The highest BCUT2D eigenvalue weighted by molar-refractivity contribution is 5.92. The molecule has 0 aliphatic carbocycles. The van der Waals surface area contributed by atoms with Gasteiger partial charge in [0.05, 0.1) is 5.92 Å². The lowest BCUT2D eigenvalue weighted by Crippen LogP contribution is -2.48. The lowest BCUT2D eigenvalue weighted by molar-refractivity contribution is 0.0563. The van der Waals surface area contributed by atoms with Crippen LogP contribution >= 0.6 is 0 Å². The van der Waals surface area contributed by atoms with Gasteiger partial charge in [-0.3, -0.25) is 9.78 Å². The van der Waals surface area contributed by atoms with Crippen molar-refractivity contribution in [1.29, 1.82) is 0 Å². The van der Waals surface area contributed by atoms with Crippen molar-refractivity contribution in [2.75, 3.05) is 13.1 Å². The van der Waals surface area contributed by atoms with Gasteiger partial charge >= 0.3 is 0 Å². The minimum Gasteiger partial charge on any atom is -0.339 e. The van der Waals surface area contributed by atoms with Crippen LogP contribution in [0.4, 0.5) is 0 Å². The van der Waals surface area contributed by atoms with E-state index in [1.165, 1.54) is 0 Å². The number of hydrogen-bond acceptors (Lipinski definition) is 5. The Bertz CT molecular complexity index is 603. The lowest BCUT2D eigenvalue weighted by atomic mass is 9.99. The van der Waals surface area contributed by atoms with Crippen LogP contribution in [0.5, 0.6) is 0 Å². The predicted molar refractivity (Wildman–Crippen MR) is 71.3 cm³/mol. The van der Waals surface area contributed by atoms with Crippen molar-refractivity contribution in [3.63, 3.8) is 0 Å². The van der Waals surface area contributed by atoms with Crippen LogP contribution in [0.1, 0.15) is 47.9 Å². The van der Waals surface area contributed by atoms with E-state index >= 15 is 0 Å². The van der Waals surface area contributed by atoms with Crippen molar-refractivity contribution in [1.82, 2.24) is 20.0 Å². The Hall–Kier alpha value is -2.24. The van der Waals surface area contributed by atoms with Gasteiger partial charge in [-0.1, -0.05) is 25.1 Å². The number of hydrogen-bond donors (Lipinski definition) is 0. The van der Waals surface area contributed by atoms with Crippen molar-refractivity contribution < 1.29 is 9.32 Å². The molecule has 104 valence electrons. The van der Waals surface area contributed by atoms with Crippen molar-refractivity contribution in [2.24, 2.45) is 0 Å². The molecule has 0 bridgehead atoms. The molecule has 0 spiro atoms. The Kier molecular flexibility index (Phi) is 3.22. The standard InChI is InChI=1S/C14H16N4O2/c1-9(2)12-16-13(20-17-12)10-7-18(8-10)14(19)11-5-3-4-6-15-11/h3-6,9-10H,7-8H2,1-2H3. The molecule has 0 radical (unpaired) electrons. The van der Waals surface area contributed by atoms with E-state index in [4.69, 9.17) is 4.52 Å². The minimum absolute atomic E-state index is 0.0505. The van der Waals surface area contributed by atoms with E-state index in [9.17, 15) is 4.79 Å². The Balaban J connectivity index is 1.62. The molecule has 1 saturated heterocycles. The van der Waals surface area contributed by atoms with E-state index in [0.717, 1.165) is 5.82 Å². The Labute approximate surface area is 116 Å². The molecule has 0 N–H and O–H groups in total. The van der Waals surface area contributed by atoms with E-state index in [1.807, 2.05) is 19.9 Å². The third-order valence-corrected chi connectivity index (χ3v) is 3.38. The van der Waals surface area contributed by atoms with Gasteiger partial charge in [0.1, 0.15) is 5.69 Å². The average molecular weight is 272 g/mol. The van der Waals surface area contributed by atoms with Crippen LogP contribution in [0.3, 0.4) is 0 Å². The van der Waals surface area contributed by atoms with Crippen LogP contribution in [0.2, 0.25) is 0 Å². The van der Waals surface area contributed by atoms with Crippen molar-refractivity contribution in [3.05, 3.63) is 41.8 Å². The number of carbonyl (C=O) groups excluding carboxylic acids is 1. The summed E-state index contributed by atoms with van der Waals surface area (Å²) in [6.07, 6.45) is 1.62. The third-order valence-electron chi connectivity index (χ3n) is 3.38. The summed E-state index contributed by atoms with van der Waals surface area (Å²) in [6.45, 7) is 5.25. The van der Waals surface area contributed by atoms with Gasteiger partial charge in [0.2, 0.25) is 5.89 Å². The molecular formula is C14H16N4O2. The molecule has 1 aliphatic rings. The Morgan fingerprint density at radius 1 is 1.40 bits per heavy atom. The van der Waals surface area contributed by atoms with Crippen molar-refractivity contribution in [2.45, 2.75) is 25.7 Å². The van der Waals surface area contributed by atoms with E-state index < -0.39 is 0 Å². The van der Waals surface area contributed by atoms with Gasteiger partial charge in [-0.25, -0.2) is 0 Å². The van der Waals surface area contributed by atoms with Crippen LogP contribution in [0, 0.1) is 0 Å². The monoisotopic (exact) mass is 272 g/mol. The van der Waals surface area contributed by atoms with Crippen molar-refractivity contribution >= 4 is 5.91 Å². The highest BCUT2D eigenvalue weighted by Gasteiger charge is 2.36. The minimum atomic E-state index is -0.0505. The summed E-state index contributed by atoms with van der Waals surface area (Å²) in [5, 5.41) is 3.94. The molecule has 1 fully saturated rings. The fourth-order valence-corrected chi connectivity index (χ4v) is 2.10. The normalized spacial score (nSPS) is 15.4. The van der Waals surface area contributed by atoms with E-state index in [1.54, 1.807) is 23.2 Å². The largest absolute Gasteiger partial charge is 0.339 e. The predicted octanol–water partition coefficient (Wildman–Crippen LogP) is 1.83. The maximum atomic E-state index is 12.1. The second-order valence-electron chi connectivity index (χ2n) is 5.27. The SMILES string of the molecule is CC(C)c1noc(C2CN(C(=O)c3ccccn3)C2)n1. The van der Waals surface area contributed by atoms with Crippen LogP contribution in [0.15, 0.2) is 28.9 Å². The quantitative estimate of drug-likeness (QED) is 0.852. The Morgan fingerprint density at radius 2 is 2.20 bits per heavy atom. The topological polar surface area (TPSA) is 72.1 Å². The van der Waals surface area contributed by atoms with E-state index in [2.05, 4.69) is 15.1 Å². The molecule has 2 aromatic heterocycles. The van der Waals surface area contributed by atoms with E-state index in [0.29, 0.717) is 24.7 Å². The summed E-state index contributed by atoms with van der Waals surface area (Å²) in [5.74, 6) is 1.68. The number of amides is 1. The number of nitrogens with zero attached hydrogens (tertiary/aromatic N) is 4. The molecular weight excluding hydrogens is 256 g/mol. The number of aromatic nitrogens is 3. The summed E-state index contributed by atoms with van der Waals surface area (Å²) in [7, 11) is 0. The molecule has 0 unspecified atom stereocenters. The second-order valence-corrected chi connectivity index (χ2v) is 5.27. The molecule has 1 amide bonds. The van der Waals surface area contributed by atoms with Gasteiger partial charge in [0, 0.05) is 25.2 Å². The fraction of sp³-hybridized carbons (Fsp3) is 0.429. The fourth-order valence-electron chi connectivity index (χ4n) is 2.10. The molecule has 0 aromatic carbocycles. The van der Waals surface area contributed by atoms with Crippen LogP contribution in [-0.4, -0.2) is 39.0 Å². The lowest BCUT2D eigenvalue weighted by Gasteiger charge is -2.36. The molecule has 6 heteroatoms. The number of pyridine rings is 1. The van der Waals surface area contributed by atoms with Crippen LogP contribution in [-0.2, 0) is 0 Å². The number of carbonyl (C=O) groups is 1. The molecule has 6 nitrogen and oxygen atoms in total. The van der Waals surface area contributed by atoms with Gasteiger partial charge in [-0.15, -0.1) is 0 Å². The van der Waals surface area contributed by atoms with Gasteiger partial charge in [0.15, 0.2) is 5.82 Å². The first-order valence-electron chi connectivity index (χ1n) is 6.69. The third kappa shape index (κ3) is 2.29. The van der Waals surface area contributed by atoms with Gasteiger partial charge in [-0.2, -0.15) is 4.98 Å². The van der Waals surface area contributed by atoms with Crippen LogP contribution < -0.4 is 0 Å². The van der Waals surface area contributed by atoms with Gasteiger partial charge < -0.3 is 9.42 Å². The molecule has 3 heterocycles. The van der Waals surface area contributed by atoms with Crippen molar-refractivity contribution in [3.8, 4) is 0 Å². The first-order chi connectivity index (χ1) is 9.65. The second kappa shape index (κ2) is 5.03. The molecule has 0 saturated carbocycles. The van der Waals surface area contributed by atoms with E-state index in [-0.39, 0.29) is 17.7 Å². The first kappa shape index (κ1) is 12.8. The summed E-state index contributed by atoms with van der Waals surface area (Å²) in [4.78, 5) is 22.3. The summed E-state index contributed by atoms with van der Waals surface area (Å²) < 4.78 is 5.25. The molecule has 0 atom stereocenters. The van der Waals surface area contributed by atoms with Crippen LogP contribution in [0.25, 0.3) is 0 Å². The number of rotatable bonds is 3. The number of likely N-dealkylation sites (tertiary alicyclic amines) is 1. The zero-order valence-electron chi connectivity index (χ0n) is 11.5. The zero-order chi connectivity index (χ0) is 14.1. The highest BCUT2D eigenvalue weighted by atomic mass is 16.5. The smallest absolute Gasteiger partial charge is 0.272 e.